The lowest BCUT2D eigenvalue weighted by molar-refractivity contribution is -0.132. The largest absolute Gasteiger partial charge is 0.381 e. The molecule has 1 aliphatic heterocycles. The summed E-state index contributed by atoms with van der Waals surface area (Å²) in [6, 6.07) is 1.83. The van der Waals surface area contributed by atoms with Crippen molar-refractivity contribution in [2.75, 3.05) is 31.6 Å². The molecule has 2 amide bonds. The number of H-pyrrole nitrogens is 1. The molecule has 0 aromatic carbocycles. The number of aromatic amines is 1. The molecule has 1 unspecified atom stereocenters. The fraction of sp³-hybridized carbons (Fsp3) is 0.312. The number of aromatic nitrogens is 2. The molecule has 1 atom stereocenters. The smallest absolute Gasteiger partial charge is 0.252 e. The summed E-state index contributed by atoms with van der Waals surface area (Å²) in [4.78, 5) is 32.2. The average molecular weight is 329 g/mol. The van der Waals surface area contributed by atoms with Gasteiger partial charge < -0.3 is 25.7 Å². The first-order valence-corrected chi connectivity index (χ1v) is 7.63. The van der Waals surface area contributed by atoms with Crippen molar-refractivity contribution in [3.63, 3.8) is 0 Å². The minimum atomic E-state index is -0.555. The van der Waals surface area contributed by atoms with Crippen molar-refractivity contribution < 1.29 is 14.3 Å². The Bertz CT molecular complexity index is 785. The van der Waals surface area contributed by atoms with E-state index in [-0.39, 0.29) is 12.0 Å². The molecular formula is C16H19N5O3. The van der Waals surface area contributed by atoms with Crippen LogP contribution >= 0.6 is 0 Å². The molecule has 0 aliphatic carbocycles. The highest BCUT2D eigenvalue weighted by atomic mass is 16.5. The van der Waals surface area contributed by atoms with Crippen molar-refractivity contribution in [3.05, 3.63) is 36.7 Å². The predicted octanol–water partition coefficient (Wildman–Crippen LogP) is 0.487. The van der Waals surface area contributed by atoms with Gasteiger partial charge in [0.2, 0.25) is 5.91 Å². The molecule has 8 heteroatoms. The monoisotopic (exact) mass is 329 g/mol. The first kappa shape index (κ1) is 16.0. The van der Waals surface area contributed by atoms with Gasteiger partial charge in [-0.05, 0) is 12.1 Å². The van der Waals surface area contributed by atoms with Crippen molar-refractivity contribution in [3.8, 4) is 0 Å². The van der Waals surface area contributed by atoms with E-state index in [4.69, 9.17) is 10.5 Å². The third-order valence-electron chi connectivity index (χ3n) is 3.98. The number of fused-ring (bicyclic) bond motifs is 1. The van der Waals surface area contributed by atoms with Crippen LogP contribution in [0, 0.1) is 0 Å². The quantitative estimate of drug-likeness (QED) is 0.691. The minimum Gasteiger partial charge on any atom is -0.381 e. The van der Waals surface area contributed by atoms with E-state index in [1.165, 1.54) is 12.3 Å². The summed E-state index contributed by atoms with van der Waals surface area (Å²) in [5, 5.41) is 4.00. The number of amides is 2. The molecule has 0 spiro atoms. The third kappa shape index (κ3) is 3.09. The zero-order valence-corrected chi connectivity index (χ0v) is 13.1. The lowest BCUT2D eigenvalue weighted by Gasteiger charge is -2.32. The van der Waals surface area contributed by atoms with Crippen molar-refractivity contribution in [2.45, 2.75) is 6.10 Å². The Morgan fingerprint density at radius 3 is 3.17 bits per heavy atom. The van der Waals surface area contributed by atoms with Gasteiger partial charge in [-0.1, -0.05) is 6.58 Å². The zero-order valence-electron chi connectivity index (χ0n) is 13.1. The Kier molecular flexibility index (Phi) is 4.48. The number of hydrogen-bond donors (Lipinski definition) is 3. The van der Waals surface area contributed by atoms with Crippen LogP contribution in [0.4, 0.5) is 5.69 Å². The first-order chi connectivity index (χ1) is 11.6. The molecule has 2 aromatic rings. The molecule has 1 aliphatic rings. The van der Waals surface area contributed by atoms with Crippen LogP contribution in [-0.2, 0) is 9.53 Å². The summed E-state index contributed by atoms with van der Waals surface area (Å²) >= 11 is 0. The number of nitrogens with zero attached hydrogens (tertiary/aromatic N) is 2. The second-order valence-electron chi connectivity index (χ2n) is 5.51. The van der Waals surface area contributed by atoms with Crippen molar-refractivity contribution >= 4 is 28.5 Å². The maximum atomic E-state index is 11.7. The molecule has 1 saturated heterocycles. The average Bonchev–Trinajstić information content (AvgIpc) is 3.07. The van der Waals surface area contributed by atoms with Gasteiger partial charge in [0.05, 0.1) is 24.0 Å². The summed E-state index contributed by atoms with van der Waals surface area (Å²) in [5.41, 5.74) is 7.03. The van der Waals surface area contributed by atoms with Gasteiger partial charge in [0.25, 0.3) is 5.91 Å². The van der Waals surface area contributed by atoms with E-state index < -0.39 is 5.91 Å². The van der Waals surface area contributed by atoms with Crippen molar-refractivity contribution in [1.29, 1.82) is 0 Å². The molecule has 126 valence electrons. The first-order valence-electron chi connectivity index (χ1n) is 7.63. The number of rotatable bonds is 5. The van der Waals surface area contributed by atoms with Gasteiger partial charge in [0.1, 0.15) is 5.65 Å². The molecule has 8 nitrogen and oxygen atoms in total. The zero-order chi connectivity index (χ0) is 17.1. The number of anilines is 1. The second-order valence-corrected chi connectivity index (χ2v) is 5.51. The number of ether oxygens (including phenoxy) is 1. The van der Waals surface area contributed by atoms with Gasteiger partial charge in [-0.3, -0.25) is 9.59 Å². The SMILES string of the molecule is C=CC(=O)N1CCOC(CNc2c(C(N)=O)cnc3[nH]ccc23)C1. The molecule has 0 saturated carbocycles. The number of nitrogens with one attached hydrogen (secondary N) is 2. The molecule has 2 aromatic heterocycles. The van der Waals surface area contributed by atoms with Gasteiger partial charge in [0, 0.05) is 37.4 Å². The predicted molar refractivity (Wildman–Crippen MR) is 89.6 cm³/mol. The van der Waals surface area contributed by atoms with Crippen LogP contribution in [-0.4, -0.2) is 59.0 Å². The molecule has 4 N–H and O–H groups in total. The van der Waals surface area contributed by atoms with Crippen LogP contribution in [0.25, 0.3) is 11.0 Å². The molecule has 3 heterocycles. The Morgan fingerprint density at radius 2 is 2.42 bits per heavy atom. The molecule has 0 bridgehead atoms. The summed E-state index contributed by atoms with van der Waals surface area (Å²) in [6.45, 7) is 5.41. The highest BCUT2D eigenvalue weighted by Crippen LogP contribution is 2.25. The second kappa shape index (κ2) is 6.71. The van der Waals surface area contributed by atoms with Crippen LogP contribution in [0.15, 0.2) is 31.1 Å². The number of carbonyl (C=O) groups excluding carboxylic acids is 2. The number of primary amides is 1. The summed E-state index contributed by atoms with van der Waals surface area (Å²) in [6.07, 6.45) is 4.30. The lowest BCUT2D eigenvalue weighted by atomic mass is 10.1. The summed E-state index contributed by atoms with van der Waals surface area (Å²) in [5.74, 6) is -0.667. The van der Waals surface area contributed by atoms with Crippen LogP contribution < -0.4 is 11.1 Å². The van der Waals surface area contributed by atoms with E-state index in [0.717, 1.165) is 5.39 Å². The number of nitrogens with two attached hydrogens (primary N) is 1. The number of carbonyl (C=O) groups is 2. The molecular weight excluding hydrogens is 310 g/mol. The van der Waals surface area contributed by atoms with Gasteiger partial charge >= 0.3 is 0 Å². The van der Waals surface area contributed by atoms with Crippen molar-refractivity contribution in [2.24, 2.45) is 5.73 Å². The van der Waals surface area contributed by atoms with E-state index in [2.05, 4.69) is 21.9 Å². The highest BCUT2D eigenvalue weighted by molar-refractivity contribution is 6.05. The standard InChI is InChI=1S/C16H19N5O3/c1-2-13(22)21-5-6-24-10(9-21)7-19-14-11-3-4-18-16(11)20-8-12(14)15(17)23/h2-4,8,10H,1,5-7,9H2,(H2,17,23)(H2,18,19,20). The van der Waals surface area contributed by atoms with E-state index in [1.54, 1.807) is 11.1 Å². The minimum absolute atomic E-state index is 0.113. The highest BCUT2D eigenvalue weighted by Gasteiger charge is 2.23. The lowest BCUT2D eigenvalue weighted by Crippen LogP contribution is -2.47. The Labute approximate surface area is 138 Å². The van der Waals surface area contributed by atoms with Gasteiger partial charge in [-0.2, -0.15) is 0 Å². The number of hydrogen-bond acceptors (Lipinski definition) is 5. The topological polar surface area (TPSA) is 113 Å². The van der Waals surface area contributed by atoms with Gasteiger partial charge in [-0.25, -0.2) is 4.98 Å². The molecule has 1 fully saturated rings. The van der Waals surface area contributed by atoms with Gasteiger partial charge in [-0.15, -0.1) is 0 Å². The third-order valence-corrected chi connectivity index (χ3v) is 3.98. The normalized spacial score (nSPS) is 17.7. The van der Waals surface area contributed by atoms with E-state index in [9.17, 15) is 9.59 Å². The van der Waals surface area contributed by atoms with Crippen molar-refractivity contribution in [1.82, 2.24) is 14.9 Å². The Hall–Kier alpha value is -2.87. The maximum Gasteiger partial charge on any atom is 0.252 e. The van der Waals surface area contributed by atoms with E-state index >= 15 is 0 Å². The van der Waals surface area contributed by atoms with Crippen LogP contribution in [0.2, 0.25) is 0 Å². The summed E-state index contributed by atoms with van der Waals surface area (Å²) < 4.78 is 5.69. The van der Waals surface area contributed by atoms with Crippen LogP contribution in [0.5, 0.6) is 0 Å². The fourth-order valence-electron chi connectivity index (χ4n) is 2.77. The fourth-order valence-corrected chi connectivity index (χ4v) is 2.77. The van der Waals surface area contributed by atoms with Crippen LogP contribution in [0.3, 0.4) is 0 Å². The number of pyridine rings is 1. The Balaban J connectivity index is 1.76. The van der Waals surface area contributed by atoms with Gasteiger partial charge in [0.15, 0.2) is 0 Å². The maximum absolute atomic E-state index is 11.7. The summed E-state index contributed by atoms with van der Waals surface area (Å²) in [7, 11) is 0. The van der Waals surface area contributed by atoms with Crippen LogP contribution in [0.1, 0.15) is 10.4 Å². The molecule has 3 rings (SSSR count). The van der Waals surface area contributed by atoms with E-state index in [0.29, 0.717) is 43.1 Å². The Morgan fingerprint density at radius 1 is 1.58 bits per heavy atom. The molecule has 24 heavy (non-hydrogen) atoms. The van der Waals surface area contributed by atoms with E-state index in [1.807, 2.05) is 6.07 Å². The number of morpholine rings is 1. The molecule has 0 radical (unpaired) electrons.